The summed E-state index contributed by atoms with van der Waals surface area (Å²) in [6.07, 6.45) is 8.90. The number of piperidine rings is 1. The van der Waals surface area contributed by atoms with E-state index in [0.717, 1.165) is 36.3 Å². The largest absolute Gasteiger partial charge is 0.347 e. The van der Waals surface area contributed by atoms with Crippen molar-refractivity contribution in [3.63, 3.8) is 0 Å². The average Bonchev–Trinajstić information content (AvgIpc) is 3.32. The lowest BCUT2D eigenvalue weighted by Crippen LogP contribution is -2.51. The van der Waals surface area contributed by atoms with Gasteiger partial charge >= 0.3 is 0 Å². The molecule has 9 heteroatoms. The molecule has 0 radical (unpaired) electrons. The smallest absolute Gasteiger partial charge is 0.233 e. The monoisotopic (exact) mass is 402 g/mol. The number of anilines is 3. The third kappa shape index (κ3) is 2.48. The maximum atomic E-state index is 14.3. The van der Waals surface area contributed by atoms with Gasteiger partial charge in [-0.25, -0.2) is 9.37 Å². The molecule has 0 aromatic carbocycles. The van der Waals surface area contributed by atoms with Gasteiger partial charge < -0.3 is 10.6 Å². The summed E-state index contributed by atoms with van der Waals surface area (Å²) in [7, 11) is 0. The second kappa shape index (κ2) is 6.46. The first-order valence-electron chi connectivity index (χ1n) is 9.92. The third-order valence-electron chi connectivity index (χ3n) is 5.81. The SMILES string of the molecule is N[C@H]1CC[C@@H]2N(C1)c1ccncc1N2c1ncc2ccc(-c3ncccc3F)nn12. The summed E-state index contributed by atoms with van der Waals surface area (Å²) in [5.41, 5.74) is 9.80. The van der Waals surface area contributed by atoms with E-state index in [1.54, 1.807) is 35.2 Å². The number of rotatable bonds is 2. The van der Waals surface area contributed by atoms with E-state index in [0.29, 0.717) is 11.6 Å². The van der Waals surface area contributed by atoms with Crippen molar-refractivity contribution < 1.29 is 4.39 Å². The summed E-state index contributed by atoms with van der Waals surface area (Å²) in [4.78, 5) is 17.6. The quantitative estimate of drug-likeness (QED) is 0.551. The van der Waals surface area contributed by atoms with E-state index in [4.69, 9.17) is 5.73 Å². The van der Waals surface area contributed by atoms with Crippen LogP contribution < -0.4 is 15.5 Å². The van der Waals surface area contributed by atoms with Crippen LogP contribution in [0.25, 0.3) is 16.9 Å². The van der Waals surface area contributed by atoms with Gasteiger partial charge in [0, 0.05) is 25.0 Å². The maximum absolute atomic E-state index is 14.3. The van der Waals surface area contributed by atoms with Gasteiger partial charge in [0.05, 0.1) is 29.3 Å². The summed E-state index contributed by atoms with van der Waals surface area (Å²) in [5, 5.41) is 4.68. The Balaban J connectivity index is 1.51. The van der Waals surface area contributed by atoms with Gasteiger partial charge in [0.2, 0.25) is 5.95 Å². The fraction of sp³-hybridized carbons (Fsp3) is 0.238. The summed E-state index contributed by atoms with van der Waals surface area (Å²) < 4.78 is 16.0. The van der Waals surface area contributed by atoms with Crippen molar-refractivity contribution >= 4 is 22.8 Å². The van der Waals surface area contributed by atoms with Crippen LogP contribution in [0, 0.1) is 5.82 Å². The second-order valence-corrected chi connectivity index (χ2v) is 7.65. The van der Waals surface area contributed by atoms with Crippen LogP contribution in [0.2, 0.25) is 0 Å². The van der Waals surface area contributed by atoms with Crippen LogP contribution >= 0.6 is 0 Å². The number of halogens is 1. The van der Waals surface area contributed by atoms with Crippen LogP contribution in [-0.2, 0) is 0 Å². The number of nitrogens with zero attached hydrogens (tertiary/aromatic N) is 7. The molecule has 2 aliphatic heterocycles. The molecule has 0 spiro atoms. The van der Waals surface area contributed by atoms with Crippen molar-refractivity contribution in [3.05, 3.63) is 60.9 Å². The van der Waals surface area contributed by atoms with E-state index in [2.05, 4.69) is 29.9 Å². The number of imidazole rings is 1. The molecule has 2 N–H and O–H groups in total. The van der Waals surface area contributed by atoms with Gasteiger partial charge in [-0.15, -0.1) is 0 Å². The first kappa shape index (κ1) is 17.3. The Morgan fingerprint density at radius 2 is 1.93 bits per heavy atom. The molecule has 8 nitrogen and oxygen atoms in total. The lowest BCUT2D eigenvalue weighted by molar-refractivity contribution is 0.432. The number of fused-ring (bicyclic) bond motifs is 4. The highest BCUT2D eigenvalue weighted by Crippen LogP contribution is 2.45. The predicted octanol–water partition coefficient (Wildman–Crippen LogP) is 2.73. The maximum Gasteiger partial charge on any atom is 0.233 e. The van der Waals surface area contributed by atoms with Gasteiger partial charge in [-0.05, 0) is 43.2 Å². The molecule has 4 aromatic rings. The second-order valence-electron chi connectivity index (χ2n) is 7.65. The molecular weight excluding hydrogens is 383 g/mol. The number of aromatic nitrogens is 5. The number of hydrogen-bond acceptors (Lipinski definition) is 7. The topological polar surface area (TPSA) is 88.5 Å². The Hall–Kier alpha value is -3.59. The first-order valence-corrected chi connectivity index (χ1v) is 9.92. The molecule has 0 aliphatic carbocycles. The molecule has 2 atom stereocenters. The lowest BCUT2D eigenvalue weighted by atomic mass is 10.0. The zero-order chi connectivity index (χ0) is 20.2. The molecule has 0 amide bonds. The minimum atomic E-state index is -0.408. The van der Waals surface area contributed by atoms with E-state index in [1.807, 2.05) is 18.3 Å². The normalized spacial score (nSPS) is 20.5. The Labute approximate surface area is 171 Å². The Morgan fingerprint density at radius 1 is 1.00 bits per heavy atom. The molecule has 6 heterocycles. The van der Waals surface area contributed by atoms with Gasteiger partial charge in [-0.1, -0.05) is 0 Å². The number of nitrogens with two attached hydrogens (primary N) is 1. The molecule has 0 saturated carbocycles. The highest BCUT2D eigenvalue weighted by molar-refractivity contribution is 5.82. The van der Waals surface area contributed by atoms with Gasteiger partial charge in [0.25, 0.3) is 0 Å². The van der Waals surface area contributed by atoms with Crippen LogP contribution in [0.15, 0.2) is 55.1 Å². The van der Waals surface area contributed by atoms with E-state index in [9.17, 15) is 4.39 Å². The standard InChI is InChI=1S/C21H19FN8/c22-15-2-1-8-25-20(15)16-5-4-14-10-26-21(30(14)27-16)29-18-11-24-9-7-17(18)28-12-13(23)3-6-19(28)29/h1-2,4-5,7-11,13,19H,3,6,12,23H2/t13-,19+/m0/s1. The first-order chi connectivity index (χ1) is 14.7. The minimum Gasteiger partial charge on any atom is -0.347 e. The van der Waals surface area contributed by atoms with Gasteiger partial charge in [0.15, 0.2) is 5.82 Å². The molecule has 0 bridgehead atoms. The van der Waals surface area contributed by atoms with Crippen LogP contribution in [-0.4, -0.2) is 43.3 Å². The Kier molecular flexibility index (Phi) is 3.72. The molecular formula is C21H19FN8. The average molecular weight is 402 g/mol. The zero-order valence-electron chi connectivity index (χ0n) is 16.1. The molecule has 30 heavy (non-hydrogen) atoms. The molecule has 6 rings (SSSR count). The van der Waals surface area contributed by atoms with Crippen LogP contribution in [0.5, 0.6) is 0 Å². The number of pyridine rings is 2. The molecule has 150 valence electrons. The molecule has 2 aliphatic rings. The summed E-state index contributed by atoms with van der Waals surface area (Å²) in [6, 6.07) is 8.74. The van der Waals surface area contributed by atoms with Crippen molar-refractivity contribution in [2.75, 3.05) is 16.3 Å². The summed E-state index contributed by atoms with van der Waals surface area (Å²) in [6.45, 7) is 0.777. The summed E-state index contributed by atoms with van der Waals surface area (Å²) >= 11 is 0. The molecule has 1 fully saturated rings. The molecule has 1 saturated heterocycles. The van der Waals surface area contributed by atoms with E-state index >= 15 is 0 Å². The highest BCUT2D eigenvalue weighted by atomic mass is 19.1. The van der Waals surface area contributed by atoms with Gasteiger partial charge in [0.1, 0.15) is 17.6 Å². The lowest BCUT2D eigenvalue weighted by Gasteiger charge is -2.38. The summed E-state index contributed by atoms with van der Waals surface area (Å²) in [5.74, 6) is 0.259. The van der Waals surface area contributed by atoms with Crippen molar-refractivity contribution in [1.29, 1.82) is 0 Å². The van der Waals surface area contributed by atoms with Crippen molar-refractivity contribution in [2.24, 2.45) is 5.73 Å². The van der Waals surface area contributed by atoms with Gasteiger partial charge in [-0.2, -0.15) is 9.61 Å². The van der Waals surface area contributed by atoms with Crippen LogP contribution in [0.3, 0.4) is 0 Å². The zero-order valence-corrected chi connectivity index (χ0v) is 16.1. The minimum absolute atomic E-state index is 0.0895. The molecule has 0 unspecified atom stereocenters. The van der Waals surface area contributed by atoms with Crippen LogP contribution in [0.4, 0.5) is 21.7 Å². The van der Waals surface area contributed by atoms with Crippen molar-refractivity contribution in [2.45, 2.75) is 25.0 Å². The fourth-order valence-corrected chi connectivity index (χ4v) is 4.46. The Bertz CT molecular complexity index is 1250. The predicted molar refractivity (Wildman–Crippen MR) is 111 cm³/mol. The molecule has 4 aromatic heterocycles. The van der Waals surface area contributed by atoms with Crippen molar-refractivity contribution in [1.82, 2.24) is 24.6 Å². The number of hydrogen-bond donors (Lipinski definition) is 1. The van der Waals surface area contributed by atoms with Crippen LogP contribution in [0.1, 0.15) is 12.8 Å². The van der Waals surface area contributed by atoms with E-state index < -0.39 is 5.82 Å². The third-order valence-corrected chi connectivity index (χ3v) is 5.81. The highest BCUT2D eigenvalue weighted by Gasteiger charge is 2.41. The van der Waals surface area contributed by atoms with E-state index in [1.165, 1.54) is 6.07 Å². The Morgan fingerprint density at radius 3 is 2.83 bits per heavy atom. The van der Waals surface area contributed by atoms with E-state index in [-0.39, 0.29) is 17.9 Å². The van der Waals surface area contributed by atoms with Gasteiger partial charge in [-0.3, -0.25) is 14.9 Å². The van der Waals surface area contributed by atoms with Crippen molar-refractivity contribution in [3.8, 4) is 11.4 Å². The fourth-order valence-electron chi connectivity index (χ4n) is 4.46.